The Labute approximate surface area is 144 Å². The van der Waals surface area contributed by atoms with E-state index in [-0.39, 0.29) is 5.91 Å². The number of hydrogen-bond acceptors (Lipinski definition) is 1. The second-order valence-electron chi connectivity index (χ2n) is 4.60. The van der Waals surface area contributed by atoms with Crippen molar-refractivity contribution in [2.24, 2.45) is 0 Å². The molecule has 0 aromatic heterocycles. The fourth-order valence-corrected chi connectivity index (χ4v) is 2.76. The third-order valence-corrected chi connectivity index (χ3v) is 4.13. The van der Waals surface area contributed by atoms with Crippen molar-refractivity contribution in [3.63, 3.8) is 0 Å². The number of hydrogen-bond donors (Lipinski definition) is 0. The Hall–Kier alpha value is -1.48. The molecule has 0 fully saturated rings. The van der Waals surface area contributed by atoms with Crippen LogP contribution in [0.2, 0.25) is 10.0 Å². The van der Waals surface area contributed by atoms with E-state index in [1.54, 1.807) is 59.5 Å². The molecule has 0 aliphatic rings. The van der Waals surface area contributed by atoms with Crippen molar-refractivity contribution in [3.8, 4) is 0 Å². The van der Waals surface area contributed by atoms with Crippen LogP contribution in [0.4, 0.5) is 5.69 Å². The summed E-state index contributed by atoms with van der Waals surface area (Å²) in [4.78, 5) is 14.3. The van der Waals surface area contributed by atoms with E-state index in [9.17, 15) is 4.79 Å². The summed E-state index contributed by atoms with van der Waals surface area (Å²) in [5, 5.41) is 0.193. The van der Waals surface area contributed by atoms with Gasteiger partial charge in [-0.25, -0.2) is 0 Å². The number of anilines is 1. The quantitative estimate of drug-likeness (QED) is 0.513. The molecule has 0 saturated heterocycles. The average molecular weight is 355 g/mol. The largest absolute Gasteiger partial charge is 0.307 e. The standard InChI is InChI=1S/C17H14Cl3NO/c1-2-11-21(13-9-7-12(18)8-10-13)17(22)16(20)14-5-3-4-6-15(14)19/h2-10,16H,1,11H2. The molecule has 0 radical (unpaired) electrons. The lowest BCUT2D eigenvalue weighted by molar-refractivity contribution is -0.118. The Balaban J connectivity index is 2.32. The third kappa shape index (κ3) is 3.83. The maximum Gasteiger partial charge on any atom is 0.249 e. The summed E-state index contributed by atoms with van der Waals surface area (Å²) < 4.78 is 0. The predicted molar refractivity (Wildman–Crippen MR) is 94.0 cm³/mol. The van der Waals surface area contributed by atoms with E-state index in [0.717, 1.165) is 0 Å². The van der Waals surface area contributed by atoms with Crippen LogP contribution in [0.15, 0.2) is 61.2 Å². The molecule has 114 valence electrons. The lowest BCUT2D eigenvalue weighted by Crippen LogP contribution is -2.33. The molecular formula is C17H14Cl3NO. The second kappa shape index (κ2) is 7.68. The van der Waals surface area contributed by atoms with Crippen molar-refractivity contribution in [1.29, 1.82) is 0 Å². The van der Waals surface area contributed by atoms with Gasteiger partial charge in [-0.3, -0.25) is 4.79 Å². The molecule has 1 atom stereocenters. The van der Waals surface area contributed by atoms with Crippen LogP contribution in [-0.4, -0.2) is 12.5 Å². The molecule has 2 nitrogen and oxygen atoms in total. The molecule has 0 spiro atoms. The SMILES string of the molecule is C=CCN(C(=O)C(Cl)c1ccccc1Cl)c1ccc(Cl)cc1. The molecule has 1 unspecified atom stereocenters. The normalized spacial score (nSPS) is 11.8. The van der Waals surface area contributed by atoms with Crippen molar-refractivity contribution < 1.29 is 4.79 Å². The molecule has 5 heteroatoms. The number of nitrogens with zero attached hydrogens (tertiary/aromatic N) is 1. The molecule has 22 heavy (non-hydrogen) atoms. The lowest BCUT2D eigenvalue weighted by atomic mass is 10.1. The topological polar surface area (TPSA) is 20.3 Å². The predicted octanol–water partition coefficient (Wildman–Crippen LogP) is 5.49. The third-order valence-electron chi connectivity index (χ3n) is 3.11. The van der Waals surface area contributed by atoms with Gasteiger partial charge in [0, 0.05) is 22.3 Å². The van der Waals surface area contributed by atoms with Gasteiger partial charge in [0.05, 0.1) is 0 Å². The number of benzene rings is 2. The maximum atomic E-state index is 12.7. The number of rotatable bonds is 5. The van der Waals surface area contributed by atoms with Crippen molar-refractivity contribution in [3.05, 3.63) is 76.8 Å². The van der Waals surface area contributed by atoms with E-state index in [4.69, 9.17) is 34.8 Å². The van der Waals surface area contributed by atoms with Gasteiger partial charge in [-0.15, -0.1) is 18.2 Å². The van der Waals surface area contributed by atoms with Crippen LogP contribution in [0.3, 0.4) is 0 Å². The molecule has 0 aliphatic heterocycles. The number of amides is 1. The smallest absolute Gasteiger partial charge is 0.249 e. The van der Waals surface area contributed by atoms with E-state index in [1.165, 1.54) is 0 Å². The zero-order valence-corrected chi connectivity index (χ0v) is 13.9. The Morgan fingerprint density at radius 2 is 1.77 bits per heavy atom. The van der Waals surface area contributed by atoms with Crippen LogP contribution >= 0.6 is 34.8 Å². The van der Waals surface area contributed by atoms with Crippen molar-refractivity contribution in [2.75, 3.05) is 11.4 Å². The highest BCUT2D eigenvalue weighted by atomic mass is 35.5. The van der Waals surface area contributed by atoms with Gasteiger partial charge in [-0.2, -0.15) is 0 Å². The zero-order chi connectivity index (χ0) is 16.1. The van der Waals surface area contributed by atoms with E-state index in [2.05, 4.69) is 6.58 Å². The van der Waals surface area contributed by atoms with Gasteiger partial charge in [0.25, 0.3) is 0 Å². The molecule has 0 N–H and O–H groups in total. The van der Waals surface area contributed by atoms with Crippen molar-refractivity contribution in [2.45, 2.75) is 5.38 Å². The molecule has 1 amide bonds. The van der Waals surface area contributed by atoms with E-state index < -0.39 is 5.38 Å². The lowest BCUT2D eigenvalue weighted by Gasteiger charge is -2.24. The minimum absolute atomic E-state index is 0.267. The van der Waals surface area contributed by atoms with Gasteiger partial charge in [0.15, 0.2) is 0 Å². The molecule has 0 bridgehead atoms. The monoisotopic (exact) mass is 353 g/mol. The second-order valence-corrected chi connectivity index (χ2v) is 5.88. The Kier molecular flexibility index (Phi) is 5.90. The number of carbonyl (C=O) groups is 1. The summed E-state index contributed by atoms with van der Waals surface area (Å²) in [5.74, 6) is -0.267. The summed E-state index contributed by atoms with van der Waals surface area (Å²) in [6.45, 7) is 4.03. The van der Waals surface area contributed by atoms with Crippen LogP contribution in [-0.2, 0) is 4.79 Å². The number of halogens is 3. The van der Waals surface area contributed by atoms with Crippen molar-refractivity contribution in [1.82, 2.24) is 0 Å². The van der Waals surface area contributed by atoms with Gasteiger partial charge >= 0.3 is 0 Å². The molecule has 0 aliphatic carbocycles. The van der Waals surface area contributed by atoms with Crippen molar-refractivity contribution >= 4 is 46.4 Å². The molecule has 2 aromatic rings. The van der Waals surface area contributed by atoms with Crippen LogP contribution < -0.4 is 4.90 Å². The van der Waals surface area contributed by atoms with Gasteiger partial charge in [0.2, 0.25) is 5.91 Å². The summed E-state index contributed by atoms with van der Waals surface area (Å²) in [5.41, 5.74) is 1.28. The first-order valence-corrected chi connectivity index (χ1v) is 7.80. The maximum absolute atomic E-state index is 12.7. The average Bonchev–Trinajstić information content (AvgIpc) is 2.53. The minimum Gasteiger partial charge on any atom is -0.307 e. The fraction of sp³-hybridized carbons (Fsp3) is 0.118. The molecule has 0 heterocycles. The van der Waals surface area contributed by atoms with Crippen LogP contribution in [0.25, 0.3) is 0 Å². The highest BCUT2D eigenvalue weighted by Crippen LogP contribution is 2.31. The minimum atomic E-state index is -0.871. The summed E-state index contributed by atoms with van der Waals surface area (Å²) in [6, 6.07) is 14.0. The van der Waals surface area contributed by atoms with Gasteiger partial charge < -0.3 is 4.90 Å². The number of carbonyl (C=O) groups excluding carboxylic acids is 1. The van der Waals surface area contributed by atoms with Crippen LogP contribution in [0, 0.1) is 0 Å². The Bertz CT molecular complexity index is 670. The van der Waals surface area contributed by atoms with Crippen LogP contribution in [0.5, 0.6) is 0 Å². The Morgan fingerprint density at radius 1 is 1.14 bits per heavy atom. The highest BCUT2D eigenvalue weighted by Gasteiger charge is 2.26. The summed E-state index contributed by atoms with van der Waals surface area (Å²) in [7, 11) is 0. The van der Waals surface area contributed by atoms with Gasteiger partial charge in [0.1, 0.15) is 5.38 Å². The summed E-state index contributed by atoms with van der Waals surface area (Å²) >= 11 is 18.3. The van der Waals surface area contributed by atoms with E-state index >= 15 is 0 Å². The summed E-state index contributed by atoms with van der Waals surface area (Å²) in [6.07, 6.45) is 1.64. The molecular weight excluding hydrogens is 341 g/mol. The van der Waals surface area contributed by atoms with Crippen LogP contribution in [0.1, 0.15) is 10.9 Å². The van der Waals surface area contributed by atoms with Gasteiger partial charge in [-0.05, 0) is 35.9 Å². The zero-order valence-electron chi connectivity index (χ0n) is 11.7. The van der Waals surface area contributed by atoms with Gasteiger partial charge in [-0.1, -0.05) is 47.5 Å². The number of alkyl halides is 1. The fourth-order valence-electron chi connectivity index (χ4n) is 2.02. The Morgan fingerprint density at radius 3 is 2.36 bits per heavy atom. The first-order chi connectivity index (χ1) is 10.5. The van der Waals surface area contributed by atoms with E-state index in [0.29, 0.717) is 27.8 Å². The molecule has 2 aromatic carbocycles. The molecule has 0 saturated carbocycles. The molecule has 2 rings (SSSR count). The first kappa shape index (κ1) is 16.9. The first-order valence-electron chi connectivity index (χ1n) is 6.61. The highest BCUT2D eigenvalue weighted by molar-refractivity contribution is 6.37. The van der Waals surface area contributed by atoms with E-state index in [1.807, 2.05) is 0 Å².